The molecule has 0 bridgehead atoms. The molecule has 1 rings (SSSR count). The molecule has 14 heavy (non-hydrogen) atoms. The van der Waals surface area contributed by atoms with Crippen molar-refractivity contribution in [3.8, 4) is 5.75 Å². The van der Waals surface area contributed by atoms with Crippen molar-refractivity contribution in [1.82, 2.24) is 4.98 Å². The van der Waals surface area contributed by atoms with Crippen molar-refractivity contribution in [1.29, 1.82) is 0 Å². The summed E-state index contributed by atoms with van der Waals surface area (Å²) < 4.78 is 55.2. The Morgan fingerprint density at radius 1 is 1.00 bits per heavy atom. The van der Waals surface area contributed by atoms with E-state index < -0.39 is 35.4 Å². The standard InChI is InChI=1S/C8H7F4NO/c1-3(2)14-6-4(9)7(11)13-8(12)5(6)10/h3H,1-2H3. The molecule has 0 saturated heterocycles. The van der Waals surface area contributed by atoms with Crippen LogP contribution in [-0.4, -0.2) is 11.1 Å². The fraction of sp³-hybridized carbons (Fsp3) is 0.375. The van der Waals surface area contributed by atoms with Gasteiger partial charge in [0.25, 0.3) is 11.9 Å². The molecule has 2 nitrogen and oxygen atoms in total. The Labute approximate surface area is 77.5 Å². The van der Waals surface area contributed by atoms with Gasteiger partial charge in [0.15, 0.2) is 0 Å². The molecule has 0 atom stereocenters. The minimum Gasteiger partial charge on any atom is -0.485 e. The van der Waals surface area contributed by atoms with Crippen molar-refractivity contribution >= 4 is 0 Å². The van der Waals surface area contributed by atoms with E-state index >= 15 is 0 Å². The van der Waals surface area contributed by atoms with Gasteiger partial charge in [-0.1, -0.05) is 0 Å². The number of hydrogen-bond donors (Lipinski definition) is 0. The van der Waals surface area contributed by atoms with Gasteiger partial charge in [0.1, 0.15) is 0 Å². The lowest BCUT2D eigenvalue weighted by Gasteiger charge is -2.11. The van der Waals surface area contributed by atoms with Crippen LogP contribution in [0, 0.1) is 23.5 Å². The van der Waals surface area contributed by atoms with Crippen LogP contribution in [0.3, 0.4) is 0 Å². The van der Waals surface area contributed by atoms with Crippen LogP contribution < -0.4 is 4.74 Å². The van der Waals surface area contributed by atoms with E-state index in [0.29, 0.717) is 0 Å². The number of aromatic nitrogens is 1. The average Bonchev–Trinajstić information content (AvgIpc) is 2.09. The van der Waals surface area contributed by atoms with Crippen molar-refractivity contribution in [2.75, 3.05) is 0 Å². The summed E-state index contributed by atoms with van der Waals surface area (Å²) in [5, 5.41) is 0. The van der Waals surface area contributed by atoms with E-state index in [1.54, 1.807) is 0 Å². The van der Waals surface area contributed by atoms with Gasteiger partial charge in [-0.15, -0.1) is 0 Å². The zero-order valence-corrected chi connectivity index (χ0v) is 7.44. The van der Waals surface area contributed by atoms with Crippen LogP contribution in [0.1, 0.15) is 13.8 Å². The molecule has 78 valence electrons. The Balaban J connectivity index is 3.25. The normalized spacial score (nSPS) is 10.8. The van der Waals surface area contributed by atoms with E-state index in [9.17, 15) is 17.6 Å². The lowest BCUT2D eigenvalue weighted by molar-refractivity contribution is 0.208. The minimum atomic E-state index is -1.72. The summed E-state index contributed by atoms with van der Waals surface area (Å²) in [5.41, 5.74) is 0. The molecular weight excluding hydrogens is 202 g/mol. The van der Waals surface area contributed by atoms with E-state index in [0.717, 1.165) is 0 Å². The average molecular weight is 209 g/mol. The second-order valence-electron chi connectivity index (χ2n) is 2.82. The van der Waals surface area contributed by atoms with E-state index in [4.69, 9.17) is 0 Å². The number of rotatable bonds is 2. The van der Waals surface area contributed by atoms with Crippen molar-refractivity contribution in [3.63, 3.8) is 0 Å². The Morgan fingerprint density at radius 3 is 1.79 bits per heavy atom. The molecule has 1 aromatic rings. The first-order chi connectivity index (χ1) is 6.43. The van der Waals surface area contributed by atoms with Crippen molar-refractivity contribution in [2.45, 2.75) is 20.0 Å². The van der Waals surface area contributed by atoms with Gasteiger partial charge in [0, 0.05) is 0 Å². The molecule has 0 spiro atoms. The molecule has 0 aliphatic heterocycles. The molecule has 0 aromatic carbocycles. The van der Waals surface area contributed by atoms with Gasteiger partial charge in [-0.3, -0.25) is 0 Å². The second kappa shape index (κ2) is 3.81. The number of ether oxygens (including phenoxy) is 1. The quantitative estimate of drug-likeness (QED) is 0.551. The summed E-state index contributed by atoms with van der Waals surface area (Å²) >= 11 is 0. The Bertz CT molecular complexity index is 327. The summed E-state index contributed by atoms with van der Waals surface area (Å²) in [7, 11) is 0. The summed E-state index contributed by atoms with van der Waals surface area (Å²) in [6, 6.07) is 0. The van der Waals surface area contributed by atoms with Crippen LogP contribution in [0.5, 0.6) is 5.75 Å². The molecule has 0 saturated carbocycles. The predicted molar refractivity (Wildman–Crippen MR) is 39.8 cm³/mol. The third-order valence-electron chi connectivity index (χ3n) is 1.31. The van der Waals surface area contributed by atoms with Crippen LogP contribution in [0.4, 0.5) is 17.6 Å². The van der Waals surface area contributed by atoms with E-state index in [2.05, 4.69) is 9.72 Å². The minimum absolute atomic E-state index is 0.597. The monoisotopic (exact) mass is 209 g/mol. The van der Waals surface area contributed by atoms with Gasteiger partial charge in [-0.05, 0) is 13.8 Å². The molecule has 0 unspecified atom stereocenters. The van der Waals surface area contributed by atoms with Gasteiger partial charge < -0.3 is 4.74 Å². The van der Waals surface area contributed by atoms with E-state index in [1.807, 2.05) is 0 Å². The highest BCUT2D eigenvalue weighted by Crippen LogP contribution is 2.25. The zero-order valence-electron chi connectivity index (χ0n) is 7.44. The largest absolute Gasteiger partial charge is 0.485 e. The summed E-state index contributed by atoms with van der Waals surface area (Å²) in [5.74, 6) is -7.78. The van der Waals surface area contributed by atoms with Gasteiger partial charge in [0.2, 0.25) is 17.4 Å². The van der Waals surface area contributed by atoms with Gasteiger partial charge in [-0.25, -0.2) is 0 Å². The van der Waals surface area contributed by atoms with Crippen molar-refractivity contribution < 1.29 is 22.3 Å². The number of halogens is 4. The van der Waals surface area contributed by atoms with Crippen molar-refractivity contribution in [2.24, 2.45) is 0 Å². The third kappa shape index (κ3) is 1.94. The number of hydrogen-bond acceptors (Lipinski definition) is 2. The molecule has 0 radical (unpaired) electrons. The molecule has 0 aliphatic carbocycles. The first kappa shape index (κ1) is 10.7. The highest BCUT2D eigenvalue weighted by Gasteiger charge is 2.22. The molecule has 1 aromatic heterocycles. The Morgan fingerprint density at radius 2 is 1.43 bits per heavy atom. The lowest BCUT2D eigenvalue weighted by Crippen LogP contribution is -2.12. The molecule has 0 amide bonds. The molecular formula is C8H7F4NO. The van der Waals surface area contributed by atoms with Gasteiger partial charge in [0.05, 0.1) is 6.10 Å². The fourth-order valence-electron chi connectivity index (χ4n) is 0.807. The molecule has 0 N–H and O–H groups in total. The topological polar surface area (TPSA) is 22.1 Å². The van der Waals surface area contributed by atoms with Crippen LogP contribution in [0.25, 0.3) is 0 Å². The van der Waals surface area contributed by atoms with Crippen molar-refractivity contribution in [3.05, 3.63) is 23.5 Å². The first-order valence-electron chi connectivity index (χ1n) is 3.80. The fourth-order valence-corrected chi connectivity index (χ4v) is 0.807. The molecule has 1 heterocycles. The summed E-state index contributed by atoms with van der Waals surface area (Å²) in [6.45, 7) is 2.93. The highest BCUT2D eigenvalue weighted by atomic mass is 19.2. The van der Waals surface area contributed by atoms with Crippen LogP contribution in [0.15, 0.2) is 0 Å². The first-order valence-corrected chi connectivity index (χ1v) is 3.80. The van der Waals surface area contributed by atoms with Gasteiger partial charge >= 0.3 is 0 Å². The second-order valence-corrected chi connectivity index (χ2v) is 2.82. The van der Waals surface area contributed by atoms with Crippen LogP contribution in [-0.2, 0) is 0 Å². The van der Waals surface area contributed by atoms with Crippen LogP contribution >= 0.6 is 0 Å². The lowest BCUT2D eigenvalue weighted by atomic mass is 10.4. The number of pyridine rings is 1. The van der Waals surface area contributed by atoms with Gasteiger partial charge in [-0.2, -0.15) is 22.5 Å². The molecule has 0 fully saturated rings. The highest BCUT2D eigenvalue weighted by molar-refractivity contribution is 5.24. The summed E-state index contributed by atoms with van der Waals surface area (Å²) in [6.07, 6.45) is -0.597. The molecule has 6 heteroatoms. The predicted octanol–water partition coefficient (Wildman–Crippen LogP) is 2.43. The SMILES string of the molecule is CC(C)Oc1c(F)c(F)nc(F)c1F. The maximum absolute atomic E-state index is 12.8. The number of nitrogens with zero attached hydrogens (tertiary/aromatic N) is 1. The summed E-state index contributed by atoms with van der Waals surface area (Å²) in [4.78, 5) is 2.38. The maximum Gasteiger partial charge on any atom is 0.255 e. The maximum atomic E-state index is 12.8. The van der Waals surface area contributed by atoms with E-state index in [1.165, 1.54) is 13.8 Å². The van der Waals surface area contributed by atoms with Crippen LogP contribution in [0.2, 0.25) is 0 Å². The van der Waals surface area contributed by atoms with E-state index in [-0.39, 0.29) is 0 Å². The third-order valence-corrected chi connectivity index (χ3v) is 1.31. The Hall–Kier alpha value is -1.33. The Kier molecular flexibility index (Phi) is 2.93. The molecule has 0 aliphatic rings. The zero-order chi connectivity index (χ0) is 10.9. The smallest absolute Gasteiger partial charge is 0.255 e.